The van der Waals surface area contributed by atoms with Crippen LogP contribution in [0.5, 0.6) is 0 Å². The largest absolute Gasteiger partial charge is 0.477 e. The Morgan fingerprint density at radius 1 is 1.44 bits per heavy atom. The minimum Gasteiger partial charge on any atom is -0.477 e. The molecule has 1 fully saturated rings. The SMILES string of the molecule is COC1(c2ncc(C(=O)O)c(N)n2)CCCCC1. The summed E-state index contributed by atoms with van der Waals surface area (Å²) in [5, 5.41) is 8.90. The smallest absolute Gasteiger partial charge is 0.341 e. The Morgan fingerprint density at radius 2 is 2.11 bits per heavy atom. The van der Waals surface area contributed by atoms with Gasteiger partial charge in [0.1, 0.15) is 17.0 Å². The number of nitrogens with zero attached hydrogens (tertiary/aromatic N) is 2. The second-order valence-electron chi connectivity index (χ2n) is 4.56. The molecule has 0 spiro atoms. The number of nitrogens with two attached hydrogens (primary N) is 1. The second-order valence-corrected chi connectivity index (χ2v) is 4.56. The monoisotopic (exact) mass is 251 g/mol. The number of anilines is 1. The van der Waals surface area contributed by atoms with Gasteiger partial charge in [0.25, 0.3) is 0 Å². The van der Waals surface area contributed by atoms with Crippen LogP contribution in [0, 0.1) is 0 Å². The van der Waals surface area contributed by atoms with Gasteiger partial charge in [-0.25, -0.2) is 14.8 Å². The van der Waals surface area contributed by atoms with Crippen LogP contribution in [-0.4, -0.2) is 28.2 Å². The van der Waals surface area contributed by atoms with Gasteiger partial charge in [0.05, 0.1) is 0 Å². The Kier molecular flexibility index (Phi) is 3.47. The maximum Gasteiger partial charge on any atom is 0.341 e. The van der Waals surface area contributed by atoms with Crippen LogP contribution in [0.3, 0.4) is 0 Å². The quantitative estimate of drug-likeness (QED) is 0.845. The molecule has 2 rings (SSSR count). The zero-order valence-electron chi connectivity index (χ0n) is 10.3. The molecule has 1 heterocycles. The van der Waals surface area contributed by atoms with Crippen molar-refractivity contribution in [1.29, 1.82) is 0 Å². The molecule has 0 amide bonds. The average Bonchev–Trinajstić information content (AvgIpc) is 2.39. The van der Waals surface area contributed by atoms with Gasteiger partial charge in [-0.1, -0.05) is 19.3 Å². The number of aromatic nitrogens is 2. The first-order valence-corrected chi connectivity index (χ1v) is 6.00. The van der Waals surface area contributed by atoms with E-state index in [4.69, 9.17) is 15.6 Å². The first kappa shape index (κ1) is 12.8. The van der Waals surface area contributed by atoms with Crippen molar-refractivity contribution < 1.29 is 14.6 Å². The molecular weight excluding hydrogens is 234 g/mol. The van der Waals surface area contributed by atoms with E-state index in [2.05, 4.69) is 9.97 Å². The van der Waals surface area contributed by atoms with Gasteiger partial charge in [0.15, 0.2) is 5.82 Å². The fourth-order valence-corrected chi connectivity index (χ4v) is 2.42. The first-order valence-electron chi connectivity index (χ1n) is 6.00. The fraction of sp³-hybridized carbons (Fsp3) is 0.583. The Labute approximate surface area is 105 Å². The van der Waals surface area contributed by atoms with Crippen molar-refractivity contribution >= 4 is 11.8 Å². The van der Waals surface area contributed by atoms with Gasteiger partial charge < -0.3 is 15.6 Å². The lowest BCUT2D eigenvalue weighted by molar-refractivity contribution is -0.0514. The number of carboxylic acids is 1. The van der Waals surface area contributed by atoms with E-state index in [1.165, 1.54) is 12.6 Å². The molecule has 1 aliphatic carbocycles. The Bertz CT molecular complexity index is 456. The molecule has 0 saturated heterocycles. The molecule has 6 nitrogen and oxygen atoms in total. The van der Waals surface area contributed by atoms with Gasteiger partial charge in [-0.05, 0) is 12.8 Å². The summed E-state index contributed by atoms with van der Waals surface area (Å²) in [6.45, 7) is 0. The van der Waals surface area contributed by atoms with E-state index in [1.807, 2.05) is 0 Å². The molecule has 0 radical (unpaired) electrons. The van der Waals surface area contributed by atoms with Crippen LogP contribution in [0.15, 0.2) is 6.20 Å². The van der Waals surface area contributed by atoms with Crippen molar-refractivity contribution in [1.82, 2.24) is 9.97 Å². The molecule has 6 heteroatoms. The summed E-state index contributed by atoms with van der Waals surface area (Å²) in [5.74, 6) is -0.629. The predicted octanol–water partition coefficient (Wildman–Crippen LogP) is 1.56. The predicted molar refractivity (Wildman–Crippen MR) is 65.2 cm³/mol. The van der Waals surface area contributed by atoms with E-state index < -0.39 is 11.6 Å². The van der Waals surface area contributed by atoms with Crippen molar-refractivity contribution in [2.75, 3.05) is 12.8 Å². The first-order chi connectivity index (χ1) is 8.59. The maximum atomic E-state index is 10.9. The normalized spacial score (nSPS) is 18.5. The lowest BCUT2D eigenvalue weighted by Crippen LogP contribution is -2.33. The molecular formula is C12H17N3O3. The molecule has 1 aromatic heterocycles. The summed E-state index contributed by atoms with van der Waals surface area (Å²) < 4.78 is 5.59. The lowest BCUT2D eigenvalue weighted by atomic mass is 9.84. The molecule has 0 atom stereocenters. The van der Waals surface area contributed by atoms with Gasteiger partial charge in [0.2, 0.25) is 0 Å². The number of aromatic carboxylic acids is 1. The van der Waals surface area contributed by atoms with Crippen LogP contribution >= 0.6 is 0 Å². The Balaban J connectivity index is 2.37. The zero-order chi connectivity index (χ0) is 13.2. The van der Waals surface area contributed by atoms with Gasteiger partial charge >= 0.3 is 5.97 Å². The van der Waals surface area contributed by atoms with Crippen LogP contribution in [-0.2, 0) is 10.3 Å². The van der Waals surface area contributed by atoms with E-state index in [1.54, 1.807) is 7.11 Å². The highest BCUT2D eigenvalue weighted by molar-refractivity contribution is 5.92. The number of methoxy groups -OCH3 is 1. The second kappa shape index (κ2) is 4.89. The number of hydrogen-bond acceptors (Lipinski definition) is 5. The van der Waals surface area contributed by atoms with Crippen molar-refractivity contribution in [3.63, 3.8) is 0 Å². The van der Waals surface area contributed by atoms with Gasteiger partial charge in [-0.15, -0.1) is 0 Å². The highest BCUT2D eigenvalue weighted by atomic mass is 16.5. The number of ether oxygens (including phenoxy) is 1. The van der Waals surface area contributed by atoms with Crippen molar-refractivity contribution in [2.24, 2.45) is 0 Å². The topological polar surface area (TPSA) is 98.3 Å². The molecule has 98 valence electrons. The van der Waals surface area contributed by atoms with Gasteiger partial charge in [0, 0.05) is 13.3 Å². The van der Waals surface area contributed by atoms with Crippen molar-refractivity contribution in [3.8, 4) is 0 Å². The van der Waals surface area contributed by atoms with Crippen molar-refractivity contribution in [3.05, 3.63) is 17.6 Å². The number of nitrogen functional groups attached to an aromatic ring is 1. The molecule has 0 bridgehead atoms. The Hall–Kier alpha value is -1.69. The van der Waals surface area contributed by atoms with Gasteiger partial charge in [-0.3, -0.25) is 0 Å². The van der Waals surface area contributed by atoms with E-state index in [9.17, 15) is 4.79 Å². The molecule has 3 N–H and O–H groups in total. The minimum absolute atomic E-state index is 0.00509. The number of carboxylic acid groups (broad SMARTS) is 1. The fourth-order valence-electron chi connectivity index (χ4n) is 2.42. The average molecular weight is 251 g/mol. The summed E-state index contributed by atoms with van der Waals surface area (Å²) in [5.41, 5.74) is 5.08. The molecule has 0 aliphatic heterocycles. The molecule has 0 aromatic carbocycles. The number of rotatable bonds is 3. The summed E-state index contributed by atoms with van der Waals surface area (Å²) in [4.78, 5) is 19.1. The summed E-state index contributed by atoms with van der Waals surface area (Å²) >= 11 is 0. The molecule has 1 aliphatic rings. The molecule has 1 aromatic rings. The maximum absolute atomic E-state index is 10.9. The van der Waals surface area contributed by atoms with Crippen LogP contribution in [0.1, 0.15) is 48.3 Å². The summed E-state index contributed by atoms with van der Waals surface area (Å²) in [6.07, 6.45) is 6.23. The Morgan fingerprint density at radius 3 is 2.61 bits per heavy atom. The lowest BCUT2D eigenvalue weighted by Gasteiger charge is -2.34. The van der Waals surface area contributed by atoms with Crippen LogP contribution < -0.4 is 5.73 Å². The molecule has 1 saturated carbocycles. The van der Waals surface area contributed by atoms with E-state index >= 15 is 0 Å². The standard InChI is InChI=1S/C12H17N3O3/c1-18-12(5-3-2-4-6-12)11-14-7-8(10(16)17)9(13)15-11/h7H,2-6H2,1H3,(H,16,17)(H2,13,14,15). The third-order valence-electron chi connectivity index (χ3n) is 3.51. The van der Waals surface area contributed by atoms with E-state index in [-0.39, 0.29) is 11.4 Å². The highest BCUT2D eigenvalue weighted by Crippen LogP contribution is 2.38. The zero-order valence-corrected chi connectivity index (χ0v) is 10.3. The third-order valence-corrected chi connectivity index (χ3v) is 3.51. The number of carbonyl (C=O) groups is 1. The number of hydrogen-bond donors (Lipinski definition) is 2. The van der Waals surface area contributed by atoms with Crippen LogP contribution in [0.2, 0.25) is 0 Å². The van der Waals surface area contributed by atoms with Crippen molar-refractivity contribution in [2.45, 2.75) is 37.7 Å². The highest BCUT2D eigenvalue weighted by Gasteiger charge is 2.37. The molecule has 18 heavy (non-hydrogen) atoms. The summed E-state index contributed by atoms with van der Waals surface area (Å²) in [6, 6.07) is 0. The van der Waals surface area contributed by atoms with Crippen LogP contribution in [0.4, 0.5) is 5.82 Å². The van der Waals surface area contributed by atoms with Gasteiger partial charge in [-0.2, -0.15) is 0 Å². The summed E-state index contributed by atoms with van der Waals surface area (Å²) in [7, 11) is 1.63. The third kappa shape index (κ3) is 2.15. The van der Waals surface area contributed by atoms with E-state index in [0.717, 1.165) is 25.7 Å². The minimum atomic E-state index is -1.12. The van der Waals surface area contributed by atoms with Crippen LogP contribution in [0.25, 0.3) is 0 Å². The van der Waals surface area contributed by atoms with E-state index in [0.29, 0.717) is 5.82 Å². The molecule has 0 unspecified atom stereocenters.